The smallest absolute Gasteiger partial charge is 0.213 e. The van der Waals surface area contributed by atoms with E-state index in [1.54, 1.807) is 20.4 Å². The zero-order chi connectivity index (χ0) is 9.68. The van der Waals surface area contributed by atoms with Crippen LogP contribution in [-0.2, 0) is 6.42 Å². The van der Waals surface area contributed by atoms with Crippen LogP contribution >= 0.6 is 0 Å². The maximum atomic E-state index is 5.46. The van der Waals surface area contributed by atoms with Crippen LogP contribution in [0.2, 0.25) is 0 Å². The van der Waals surface area contributed by atoms with Gasteiger partial charge >= 0.3 is 0 Å². The lowest BCUT2D eigenvalue weighted by Crippen LogP contribution is -2.05. The number of hydrogen-bond acceptors (Lipinski definition) is 4. The van der Waals surface area contributed by atoms with E-state index in [9.17, 15) is 0 Å². The lowest BCUT2D eigenvalue weighted by molar-refractivity contribution is 0.384. The molecule has 4 heteroatoms. The Morgan fingerprint density at radius 3 is 2.69 bits per heavy atom. The second-order valence-electron chi connectivity index (χ2n) is 2.58. The van der Waals surface area contributed by atoms with E-state index in [-0.39, 0.29) is 0 Å². The van der Waals surface area contributed by atoms with Crippen molar-refractivity contribution in [3.05, 3.63) is 17.8 Å². The Morgan fingerprint density at radius 1 is 1.38 bits per heavy atom. The van der Waals surface area contributed by atoms with E-state index in [1.807, 2.05) is 6.07 Å². The molecule has 0 unspecified atom stereocenters. The van der Waals surface area contributed by atoms with Crippen molar-refractivity contribution in [2.45, 2.75) is 6.42 Å². The van der Waals surface area contributed by atoms with Gasteiger partial charge in [-0.25, -0.2) is 4.98 Å². The summed E-state index contributed by atoms with van der Waals surface area (Å²) < 4.78 is 10.1. The summed E-state index contributed by atoms with van der Waals surface area (Å²) in [7, 11) is 3.20. The first-order valence-corrected chi connectivity index (χ1v) is 4.08. The third-order valence-corrected chi connectivity index (χ3v) is 1.77. The Labute approximate surface area is 77.7 Å². The van der Waals surface area contributed by atoms with Crippen LogP contribution in [-0.4, -0.2) is 25.7 Å². The molecule has 2 N–H and O–H groups in total. The highest BCUT2D eigenvalue weighted by Gasteiger charge is 2.04. The lowest BCUT2D eigenvalue weighted by atomic mass is 10.2. The number of nitrogens with zero attached hydrogens (tertiary/aromatic N) is 1. The molecule has 0 amide bonds. The Bertz CT molecular complexity index is 276. The predicted molar refractivity (Wildman–Crippen MR) is 50.1 cm³/mol. The quantitative estimate of drug-likeness (QED) is 0.740. The van der Waals surface area contributed by atoms with Crippen LogP contribution in [0, 0.1) is 0 Å². The Kier molecular flexibility index (Phi) is 3.52. The maximum Gasteiger partial charge on any atom is 0.213 e. The minimum absolute atomic E-state index is 0.587. The van der Waals surface area contributed by atoms with Crippen molar-refractivity contribution < 1.29 is 9.47 Å². The molecule has 0 saturated carbocycles. The first kappa shape index (κ1) is 9.80. The van der Waals surface area contributed by atoms with E-state index in [4.69, 9.17) is 15.2 Å². The van der Waals surface area contributed by atoms with E-state index >= 15 is 0 Å². The van der Waals surface area contributed by atoms with Crippen LogP contribution in [0.15, 0.2) is 12.3 Å². The SMILES string of the molecule is COc1cc(CCN)c(OC)cn1. The van der Waals surface area contributed by atoms with Crippen LogP contribution < -0.4 is 15.2 Å². The van der Waals surface area contributed by atoms with Crippen LogP contribution in [0.4, 0.5) is 0 Å². The van der Waals surface area contributed by atoms with Crippen LogP contribution in [0.5, 0.6) is 11.6 Å². The van der Waals surface area contributed by atoms with Gasteiger partial charge in [0.05, 0.1) is 20.4 Å². The number of pyridine rings is 1. The Hall–Kier alpha value is -1.29. The van der Waals surface area contributed by atoms with Crippen molar-refractivity contribution in [2.75, 3.05) is 20.8 Å². The molecule has 0 aliphatic heterocycles. The number of hydrogen-bond donors (Lipinski definition) is 1. The third kappa shape index (κ3) is 2.32. The summed E-state index contributed by atoms with van der Waals surface area (Å²) in [6, 6.07) is 1.84. The zero-order valence-electron chi connectivity index (χ0n) is 7.91. The van der Waals surface area contributed by atoms with Crippen molar-refractivity contribution in [1.82, 2.24) is 4.98 Å². The molecule has 0 aliphatic rings. The molecule has 1 rings (SSSR count). The molecule has 1 aromatic heterocycles. The fourth-order valence-corrected chi connectivity index (χ4v) is 1.11. The van der Waals surface area contributed by atoms with Gasteiger partial charge in [0.25, 0.3) is 0 Å². The van der Waals surface area contributed by atoms with Gasteiger partial charge in [-0.2, -0.15) is 0 Å². The van der Waals surface area contributed by atoms with Crippen molar-refractivity contribution in [1.29, 1.82) is 0 Å². The molecule has 13 heavy (non-hydrogen) atoms. The van der Waals surface area contributed by atoms with E-state index in [0.29, 0.717) is 12.4 Å². The fourth-order valence-electron chi connectivity index (χ4n) is 1.11. The molecule has 0 fully saturated rings. The van der Waals surface area contributed by atoms with Gasteiger partial charge in [-0.1, -0.05) is 0 Å². The van der Waals surface area contributed by atoms with Gasteiger partial charge in [-0.05, 0) is 13.0 Å². The van der Waals surface area contributed by atoms with Crippen LogP contribution in [0.3, 0.4) is 0 Å². The summed E-state index contributed by atoms with van der Waals surface area (Å²) >= 11 is 0. The highest BCUT2D eigenvalue weighted by molar-refractivity contribution is 5.34. The van der Waals surface area contributed by atoms with Crippen molar-refractivity contribution in [3.63, 3.8) is 0 Å². The zero-order valence-corrected chi connectivity index (χ0v) is 7.91. The number of ether oxygens (including phenoxy) is 2. The summed E-state index contributed by atoms with van der Waals surface area (Å²) in [6.45, 7) is 0.587. The summed E-state index contributed by atoms with van der Waals surface area (Å²) in [5.74, 6) is 1.34. The van der Waals surface area contributed by atoms with Gasteiger partial charge in [0.1, 0.15) is 5.75 Å². The minimum atomic E-state index is 0.587. The average Bonchev–Trinajstić information content (AvgIpc) is 2.18. The summed E-state index contributed by atoms with van der Waals surface area (Å²) in [4.78, 5) is 4.02. The van der Waals surface area contributed by atoms with E-state index < -0.39 is 0 Å². The average molecular weight is 182 g/mol. The Balaban J connectivity index is 2.95. The Morgan fingerprint density at radius 2 is 2.15 bits per heavy atom. The summed E-state index contributed by atoms with van der Waals surface area (Å²) in [5.41, 5.74) is 6.48. The highest BCUT2D eigenvalue weighted by atomic mass is 16.5. The van der Waals surface area contributed by atoms with Gasteiger partial charge < -0.3 is 15.2 Å². The van der Waals surface area contributed by atoms with Gasteiger partial charge in [0.2, 0.25) is 5.88 Å². The number of methoxy groups -OCH3 is 2. The first-order chi connectivity index (χ1) is 6.31. The molecule has 0 aliphatic carbocycles. The molecule has 1 aromatic rings. The monoisotopic (exact) mass is 182 g/mol. The number of aromatic nitrogens is 1. The van der Waals surface area contributed by atoms with Gasteiger partial charge in [0, 0.05) is 11.6 Å². The topological polar surface area (TPSA) is 57.4 Å². The third-order valence-electron chi connectivity index (χ3n) is 1.77. The van der Waals surface area contributed by atoms with Crippen molar-refractivity contribution in [2.24, 2.45) is 5.73 Å². The second-order valence-corrected chi connectivity index (χ2v) is 2.58. The van der Waals surface area contributed by atoms with Gasteiger partial charge in [0.15, 0.2) is 0 Å². The molecule has 0 bridgehead atoms. The molecular formula is C9H14N2O2. The molecule has 72 valence electrons. The predicted octanol–water partition coefficient (Wildman–Crippen LogP) is 0.600. The van der Waals surface area contributed by atoms with Crippen LogP contribution in [0.1, 0.15) is 5.56 Å². The van der Waals surface area contributed by atoms with E-state index in [2.05, 4.69) is 4.98 Å². The van der Waals surface area contributed by atoms with Gasteiger partial charge in [-0.15, -0.1) is 0 Å². The first-order valence-electron chi connectivity index (χ1n) is 4.08. The standard InChI is InChI=1S/C9H14N2O2/c1-12-8-6-11-9(13-2)5-7(8)3-4-10/h5-6H,3-4,10H2,1-2H3. The highest BCUT2D eigenvalue weighted by Crippen LogP contribution is 2.20. The van der Waals surface area contributed by atoms with Crippen molar-refractivity contribution >= 4 is 0 Å². The molecule has 0 atom stereocenters. The molecule has 0 radical (unpaired) electrons. The second kappa shape index (κ2) is 4.67. The molecular weight excluding hydrogens is 168 g/mol. The normalized spacial score (nSPS) is 9.77. The lowest BCUT2D eigenvalue weighted by Gasteiger charge is -2.07. The molecule has 0 aromatic carbocycles. The number of rotatable bonds is 4. The molecule has 0 spiro atoms. The number of nitrogens with two attached hydrogens (primary N) is 1. The molecule has 1 heterocycles. The fraction of sp³-hybridized carbons (Fsp3) is 0.444. The summed E-state index contributed by atoms with van der Waals surface area (Å²) in [6.07, 6.45) is 2.41. The maximum absolute atomic E-state index is 5.46. The molecule has 4 nitrogen and oxygen atoms in total. The summed E-state index contributed by atoms with van der Waals surface area (Å²) in [5, 5.41) is 0. The minimum Gasteiger partial charge on any atom is -0.495 e. The molecule has 0 saturated heterocycles. The van der Waals surface area contributed by atoms with E-state index in [1.165, 1.54) is 0 Å². The van der Waals surface area contributed by atoms with Crippen molar-refractivity contribution in [3.8, 4) is 11.6 Å². The van der Waals surface area contributed by atoms with Gasteiger partial charge in [-0.3, -0.25) is 0 Å². The van der Waals surface area contributed by atoms with Crippen LogP contribution in [0.25, 0.3) is 0 Å². The van der Waals surface area contributed by atoms with E-state index in [0.717, 1.165) is 17.7 Å². The largest absolute Gasteiger partial charge is 0.495 e.